The van der Waals surface area contributed by atoms with Crippen LogP contribution in [0, 0.1) is 0 Å². The number of hydrogen-bond donors (Lipinski definition) is 0. The van der Waals surface area contributed by atoms with Gasteiger partial charge in [0.25, 0.3) is 0 Å². The van der Waals surface area contributed by atoms with E-state index in [1.165, 1.54) is 0 Å². The summed E-state index contributed by atoms with van der Waals surface area (Å²) in [5.74, 6) is -0.764. The molecule has 8 heteroatoms. The third kappa shape index (κ3) is 7.94. The molecule has 2 saturated heterocycles. The van der Waals surface area contributed by atoms with Gasteiger partial charge in [0.15, 0.2) is 11.6 Å². The van der Waals surface area contributed by atoms with Crippen LogP contribution in [0.2, 0.25) is 25.7 Å². The second-order valence-corrected chi connectivity index (χ2v) is 15.5. The summed E-state index contributed by atoms with van der Waals surface area (Å²) >= 11 is 0. The lowest BCUT2D eigenvalue weighted by Crippen LogP contribution is -2.47. The minimum absolute atomic E-state index is 0.174. The van der Waals surface area contributed by atoms with Crippen molar-refractivity contribution in [3.05, 3.63) is 12.3 Å². The molecule has 0 aliphatic carbocycles. The van der Waals surface area contributed by atoms with E-state index in [4.69, 9.17) is 33.2 Å². The van der Waals surface area contributed by atoms with Crippen molar-refractivity contribution in [3.8, 4) is 0 Å². The first kappa shape index (κ1) is 24.8. The lowest BCUT2D eigenvalue weighted by Gasteiger charge is -2.31. The fourth-order valence-corrected chi connectivity index (χ4v) is 4.22. The summed E-state index contributed by atoms with van der Waals surface area (Å²) < 4.78 is 41.4. The van der Waals surface area contributed by atoms with Crippen molar-refractivity contribution in [3.63, 3.8) is 0 Å². The van der Waals surface area contributed by atoms with Crippen LogP contribution >= 0.6 is 0 Å². The summed E-state index contributed by atoms with van der Waals surface area (Å²) in [6.45, 7) is 19.8. The molecule has 0 radical (unpaired) electrons. The van der Waals surface area contributed by atoms with E-state index in [2.05, 4.69) is 26.2 Å². The van der Waals surface area contributed by atoms with Crippen LogP contribution in [0.25, 0.3) is 0 Å². The molecule has 0 aromatic heterocycles. The van der Waals surface area contributed by atoms with Crippen molar-refractivity contribution in [1.29, 1.82) is 0 Å². The van der Waals surface area contributed by atoms with Crippen LogP contribution < -0.4 is 0 Å². The van der Waals surface area contributed by atoms with Gasteiger partial charge < -0.3 is 33.2 Å². The van der Waals surface area contributed by atoms with Gasteiger partial charge in [-0.3, -0.25) is 0 Å². The SMILES string of the molecule is C=C(C[C@H]1OC(C)(C)O[C@H]1[C@H](OCOCC[Si](C)(C)C)[C@H]1COC(C)(C)O1)OC. The second-order valence-electron chi connectivity index (χ2n) is 9.92. The van der Waals surface area contributed by atoms with E-state index in [1.54, 1.807) is 7.11 Å². The molecule has 2 rings (SSSR count). The van der Waals surface area contributed by atoms with E-state index >= 15 is 0 Å². The van der Waals surface area contributed by atoms with Crippen molar-refractivity contribution >= 4 is 8.07 Å². The molecule has 7 nitrogen and oxygen atoms in total. The van der Waals surface area contributed by atoms with Crippen LogP contribution in [-0.2, 0) is 33.2 Å². The molecular formula is C21H40O7Si. The average molecular weight is 433 g/mol. The molecule has 0 spiro atoms. The summed E-state index contributed by atoms with van der Waals surface area (Å²) in [6.07, 6.45) is -0.805. The molecule has 0 N–H and O–H groups in total. The fourth-order valence-electron chi connectivity index (χ4n) is 3.46. The quantitative estimate of drug-likeness (QED) is 0.212. The Morgan fingerprint density at radius 3 is 2.34 bits per heavy atom. The fraction of sp³-hybridized carbons (Fsp3) is 0.905. The molecule has 0 bridgehead atoms. The maximum absolute atomic E-state index is 6.23. The summed E-state index contributed by atoms with van der Waals surface area (Å²) in [6, 6.07) is 1.09. The molecule has 2 fully saturated rings. The Morgan fingerprint density at radius 2 is 1.79 bits per heavy atom. The summed E-state index contributed by atoms with van der Waals surface area (Å²) in [4.78, 5) is 0. The largest absolute Gasteiger partial charge is 0.502 e. The van der Waals surface area contributed by atoms with Crippen LogP contribution in [0.1, 0.15) is 34.1 Å². The Hall–Kier alpha value is -0.483. The third-order valence-corrected chi connectivity index (χ3v) is 6.70. The molecule has 0 aromatic rings. The Morgan fingerprint density at radius 1 is 1.10 bits per heavy atom. The lowest BCUT2D eigenvalue weighted by atomic mass is 10.0. The maximum atomic E-state index is 6.23. The molecule has 170 valence electrons. The number of methoxy groups -OCH3 is 1. The van der Waals surface area contributed by atoms with Gasteiger partial charge in [-0.2, -0.15) is 0 Å². The second kappa shape index (κ2) is 9.76. The van der Waals surface area contributed by atoms with Gasteiger partial charge in [0.1, 0.15) is 25.1 Å². The van der Waals surface area contributed by atoms with Gasteiger partial charge in [0, 0.05) is 21.1 Å². The van der Waals surface area contributed by atoms with Crippen LogP contribution in [0.3, 0.4) is 0 Å². The summed E-state index contributed by atoms with van der Waals surface area (Å²) in [7, 11) is 0.455. The number of ether oxygens (including phenoxy) is 7. The Kier molecular flexibility index (Phi) is 8.34. The third-order valence-electron chi connectivity index (χ3n) is 5.00. The topological polar surface area (TPSA) is 64.6 Å². The maximum Gasteiger partial charge on any atom is 0.163 e. The molecule has 2 heterocycles. The highest BCUT2D eigenvalue weighted by molar-refractivity contribution is 6.76. The van der Waals surface area contributed by atoms with Crippen molar-refractivity contribution < 1.29 is 33.2 Å². The predicted octanol–water partition coefficient (Wildman–Crippen LogP) is 3.91. The standard InChI is InChI=1S/C21H40O7Si/c1-15(22-6)12-16-19(28-21(4,5)26-16)18(17-13-25-20(2,3)27-17)24-14-23-10-11-29(7,8)9/h16-19H,1,10-14H2,2-9H3/t16-,17-,18-,19-/m1/s1. The minimum Gasteiger partial charge on any atom is -0.502 e. The smallest absolute Gasteiger partial charge is 0.163 e. The average Bonchev–Trinajstić information content (AvgIpc) is 3.08. The molecule has 29 heavy (non-hydrogen) atoms. The van der Waals surface area contributed by atoms with E-state index in [-0.39, 0.29) is 25.1 Å². The number of hydrogen-bond acceptors (Lipinski definition) is 7. The Labute approximate surface area is 177 Å². The normalized spacial score (nSPS) is 29.7. The van der Waals surface area contributed by atoms with Crippen molar-refractivity contribution in [2.24, 2.45) is 0 Å². The highest BCUT2D eigenvalue weighted by atomic mass is 28.3. The zero-order valence-corrected chi connectivity index (χ0v) is 20.4. The Balaban J connectivity index is 2.07. The van der Waals surface area contributed by atoms with E-state index in [0.29, 0.717) is 25.4 Å². The first-order valence-corrected chi connectivity index (χ1v) is 14.1. The lowest BCUT2D eigenvalue weighted by molar-refractivity contribution is -0.206. The van der Waals surface area contributed by atoms with Gasteiger partial charge in [-0.15, -0.1) is 0 Å². The summed E-state index contributed by atoms with van der Waals surface area (Å²) in [5.41, 5.74) is 0. The molecule has 0 amide bonds. The molecule has 0 unspecified atom stereocenters. The van der Waals surface area contributed by atoms with E-state index in [0.717, 1.165) is 6.04 Å². The van der Waals surface area contributed by atoms with E-state index < -0.39 is 25.8 Å². The molecule has 4 atom stereocenters. The van der Waals surface area contributed by atoms with Crippen LogP contribution in [0.4, 0.5) is 0 Å². The minimum atomic E-state index is -1.15. The van der Waals surface area contributed by atoms with Gasteiger partial charge in [-0.25, -0.2) is 0 Å². The predicted molar refractivity (Wildman–Crippen MR) is 113 cm³/mol. The zero-order valence-electron chi connectivity index (χ0n) is 19.4. The van der Waals surface area contributed by atoms with Crippen molar-refractivity contribution in [2.45, 2.75) is 95.8 Å². The van der Waals surface area contributed by atoms with Crippen LogP contribution in [0.5, 0.6) is 0 Å². The Bertz CT molecular complexity index is 544. The van der Waals surface area contributed by atoms with Crippen LogP contribution in [0.15, 0.2) is 12.3 Å². The van der Waals surface area contributed by atoms with Crippen molar-refractivity contribution in [2.75, 3.05) is 27.1 Å². The highest BCUT2D eigenvalue weighted by Gasteiger charge is 2.51. The molecule has 0 saturated carbocycles. The molecule has 2 aliphatic rings. The van der Waals surface area contributed by atoms with Gasteiger partial charge in [-0.05, 0) is 33.7 Å². The molecular weight excluding hydrogens is 392 g/mol. The van der Waals surface area contributed by atoms with Gasteiger partial charge in [-0.1, -0.05) is 26.2 Å². The molecule has 0 aromatic carbocycles. The van der Waals surface area contributed by atoms with Gasteiger partial charge >= 0.3 is 0 Å². The highest BCUT2D eigenvalue weighted by Crippen LogP contribution is 2.37. The van der Waals surface area contributed by atoms with Crippen LogP contribution in [-0.4, -0.2) is 71.2 Å². The van der Waals surface area contributed by atoms with Crippen molar-refractivity contribution in [1.82, 2.24) is 0 Å². The first-order chi connectivity index (χ1) is 13.3. The van der Waals surface area contributed by atoms with E-state index in [9.17, 15) is 0 Å². The zero-order chi connectivity index (χ0) is 21.9. The molecule has 2 aliphatic heterocycles. The van der Waals surface area contributed by atoms with Gasteiger partial charge in [0.05, 0.1) is 25.6 Å². The summed E-state index contributed by atoms with van der Waals surface area (Å²) in [5, 5.41) is 0. The first-order valence-electron chi connectivity index (χ1n) is 10.4. The monoisotopic (exact) mass is 432 g/mol. The van der Waals surface area contributed by atoms with Gasteiger partial charge in [0.2, 0.25) is 0 Å². The number of rotatable bonds is 11. The van der Waals surface area contributed by atoms with E-state index in [1.807, 2.05) is 27.7 Å².